The quantitative estimate of drug-likeness (QED) is 0.921. The van der Waals surface area contributed by atoms with Gasteiger partial charge in [-0.2, -0.15) is 0 Å². The molecule has 1 aromatic carbocycles. The lowest BCUT2D eigenvalue weighted by Gasteiger charge is -2.19. The van der Waals surface area contributed by atoms with Crippen LogP contribution in [-0.2, 0) is 16.6 Å². The van der Waals surface area contributed by atoms with E-state index in [0.29, 0.717) is 12.1 Å². The van der Waals surface area contributed by atoms with Crippen molar-refractivity contribution >= 4 is 5.91 Å². The fraction of sp³-hybridized carbons (Fsp3) is 0.333. The van der Waals surface area contributed by atoms with Gasteiger partial charge >= 0.3 is 0 Å². The summed E-state index contributed by atoms with van der Waals surface area (Å²) in [6.45, 7) is 2.37. The summed E-state index contributed by atoms with van der Waals surface area (Å²) < 4.78 is 27.2. The van der Waals surface area contributed by atoms with Gasteiger partial charge < -0.3 is 5.32 Å². The third-order valence-corrected chi connectivity index (χ3v) is 4.61. The molecule has 0 saturated heterocycles. The van der Waals surface area contributed by atoms with Crippen molar-refractivity contribution in [3.63, 3.8) is 0 Å². The second-order valence-electron chi connectivity index (χ2n) is 6.20. The SMILES string of the molecule is CC1CC1(CNC(=O)Cc1cccnc1)c1ccc(F)cc1F. The minimum atomic E-state index is -0.588. The molecule has 23 heavy (non-hydrogen) atoms. The third-order valence-electron chi connectivity index (χ3n) is 4.61. The first-order chi connectivity index (χ1) is 11.0. The molecule has 3 rings (SSSR count). The summed E-state index contributed by atoms with van der Waals surface area (Å²) in [7, 11) is 0. The monoisotopic (exact) mass is 316 g/mol. The summed E-state index contributed by atoms with van der Waals surface area (Å²) in [6.07, 6.45) is 4.32. The maximum atomic E-state index is 14.1. The lowest BCUT2D eigenvalue weighted by atomic mass is 9.92. The van der Waals surface area contributed by atoms with Crippen LogP contribution in [-0.4, -0.2) is 17.4 Å². The van der Waals surface area contributed by atoms with Crippen molar-refractivity contribution in [3.8, 4) is 0 Å². The third kappa shape index (κ3) is 3.23. The molecule has 0 aliphatic heterocycles. The number of nitrogens with one attached hydrogen (secondary N) is 1. The van der Waals surface area contributed by atoms with Crippen molar-refractivity contribution in [2.24, 2.45) is 5.92 Å². The number of carbonyl (C=O) groups is 1. The molecule has 2 atom stereocenters. The highest BCUT2D eigenvalue weighted by Gasteiger charge is 2.53. The van der Waals surface area contributed by atoms with Gasteiger partial charge in [0.05, 0.1) is 6.42 Å². The van der Waals surface area contributed by atoms with E-state index in [1.54, 1.807) is 18.5 Å². The van der Waals surface area contributed by atoms with Crippen LogP contribution < -0.4 is 5.32 Å². The Morgan fingerprint density at radius 2 is 2.17 bits per heavy atom. The topological polar surface area (TPSA) is 42.0 Å². The molecule has 1 amide bonds. The van der Waals surface area contributed by atoms with Crippen LogP contribution in [0.25, 0.3) is 0 Å². The molecule has 1 aliphatic carbocycles. The first-order valence-corrected chi connectivity index (χ1v) is 7.62. The van der Waals surface area contributed by atoms with Crippen LogP contribution in [0.2, 0.25) is 0 Å². The number of benzene rings is 1. The maximum Gasteiger partial charge on any atom is 0.224 e. The highest BCUT2D eigenvalue weighted by molar-refractivity contribution is 5.78. The Hall–Kier alpha value is -2.30. The van der Waals surface area contributed by atoms with Crippen LogP contribution in [0.4, 0.5) is 8.78 Å². The summed E-state index contributed by atoms with van der Waals surface area (Å²) in [6, 6.07) is 7.27. The van der Waals surface area contributed by atoms with Gasteiger partial charge in [0.15, 0.2) is 0 Å². The molecule has 0 spiro atoms. The Kier molecular flexibility index (Phi) is 4.11. The molecule has 2 unspecified atom stereocenters. The van der Waals surface area contributed by atoms with Crippen LogP contribution in [0, 0.1) is 17.6 Å². The number of nitrogens with zero attached hydrogens (tertiary/aromatic N) is 1. The highest BCUT2D eigenvalue weighted by Crippen LogP contribution is 2.54. The van der Waals surface area contributed by atoms with Gasteiger partial charge in [0.2, 0.25) is 5.91 Å². The Labute approximate surface area is 133 Å². The van der Waals surface area contributed by atoms with E-state index in [1.807, 2.05) is 13.0 Å². The van der Waals surface area contributed by atoms with Crippen LogP contribution in [0.1, 0.15) is 24.5 Å². The largest absolute Gasteiger partial charge is 0.355 e. The van der Waals surface area contributed by atoms with Crippen LogP contribution in [0.5, 0.6) is 0 Å². The number of aromatic nitrogens is 1. The van der Waals surface area contributed by atoms with E-state index < -0.39 is 17.0 Å². The van der Waals surface area contributed by atoms with Gasteiger partial charge in [-0.25, -0.2) is 8.78 Å². The number of carbonyl (C=O) groups excluding carboxylic acids is 1. The summed E-state index contributed by atoms with van der Waals surface area (Å²) in [5.74, 6) is -1.01. The molecule has 1 N–H and O–H groups in total. The lowest BCUT2D eigenvalue weighted by molar-refractivity contribution is -0.120. The number of amides is 1. The molecular formula is C18H18F2N2O. The number of rotatable bonds is 5. The average molecular weight is 316 g/mol. The Bertz CT molecular complexity index is 720. The molecule has 5 heteroatoms. The van der Waals surface area contributed by atoms with Crippen molar-refractivity contribution in [2.75, 3.05) is 6.54 Å². The zero-order valence-corrected chi connectivity index (χ0v) is 12.9. The number of pyridine rings is 1. The summed E-state index contributed by atoms with van der Waals surface area (Å²) in [4.78, 5) is 16.0. The molecule has 1 heterocycles. The van der Waals surface area contributed by atoms with Crippen LogP contribution >= 0.6 is 0 Å². The molecule has 1 fully saturated rings. The van der Waals surface area contributed by atoms with E-state index in [-0.39, 0.29) is 18.2 Å². The molecule has 1 saturated carbocycles. The first-order valence-electron chi connectivity index (χ1n) is 7.62. The lowest BCUT2D eigenvalue weighted by Crippen LogP contribution is -2.34. The van der Waals surface area contributed by atoms with E-state index in [9.17, 15) is 13.6 Å². The minimum absolute atomic E-state index is 0.126. The van der Waals surface area contributed by atoms with E-state index >= 15 is 0 Å². The molecule has 0 bridgehead atoms. The summed E-state index contributed by atoms with van der Waals surface area (Å²) >= 11 is 0. The molecular weight excluding hydrogens is 298 g/mol. The number of hydrogen-bond acceptors (Lipinski definition) is 2. The molecule has 2 aromatic rings. The minimum Gasteiger partial charge on any atom is -0.355 e. The van der Waals surface area contributed by atoms with Crippen molar-refractivity contribution in [1.82, 2.24) is 10.3 Å². The van der Waals surface area contributed by atoms with Gasteiger partial charge in [-0.1, -0.05) is 19.1 Å². The zero-order valence-electron chi connectivity index (χ0n) is 12.9. The van der Waals surface area contributed by atoms with Crippen molar-refractivity contribution in [1.29, 1.82) is 0 Å². The van der Waals surface area contributed by atoms with Gasteiger partial charge in [-0.05, 0) is 35.6 Å². The smallest absolute Gasteiger partial charge is 0.224 e. The van der Waals surface area contributed by atoms with E-state index in [2.05, 4.69) is 10.3 Å². The molecule has 1 aromatic heterocycles. The average Bonchev–Trinajstić information content (AvgIpc) is 3.17. The van der Waals surface area contributed by atoms with Gasteiger partial charge in [-0.15, -0.1) is 0 Å². The normalized spacial score (nSPS) is 22.7. The zero-order chi connectivity index (χ0) is 16.4. The molecule has 120 valence electrons. The van der Waals surface area contributed by atoms with E-state index in [1.165, 1.54) is 12.1 Å². The van der Waals surface area contributed by atoms with Crippen molar-refractivity contribution < 1.29 is 13.6 Å². The van der Waals surface area contributed by atoms with Gasteiger partial charge in [0.25, 0.3) is 0 Å². The number of hydrogen-bond donors (Lipinski definition) is 1. The first kappa shape index (κ1) is 15.6. The Balaban J connectivity index is 1.67. The van der Waals surface area contributed by atoms with E-state index in [0.717, 1.165) is 18.1 Å². The van der Waals surface area contributed by atoms with E-state index in [4.69, 9.17) is 0 Å². The maximum absolute atomic E-state index is 14.1. The second-order valence-corrected chi connectivity index (χ2v) is 6.20. The van der Waals surface area contributed by atoms with Gasteiger partial charge in [0, 0.05) is 30.4 Å². The second kappa shape index (κ2) is 6.07. The fourth-order valence-electron chi connectivity index (χ4n) is 3.10. The standard InChI is InChI=1S/C18H18F2N2O/c1-12-9-18(12,15-5-4-14(19)8-16(15)20)11-22-17(23)7-13-3-2-6-21-10-13/h2-6,8,10,12H,7,9,11H2,1H3,(H,22,23). The van der Waals surface area contributed by atoms with Gasteiger partial charge in [-0.3, -0.25) is 9.78 Å². The fourth-order valence-corrected chi connectivity index (χ4v) is 3.10. The van der Waals surface area contributed by atoms with Crippen LogP contribution in [0.15, 0.2) is 42.7 Å². The van der Waals surface area contributed by atoms with Crippen LogP contribution in [0.3, 0.4) is 0 Å². The number of halogens is 2. The Morgan fingerprint density at radius 1 is 1.39 bits per heavy atom. The van der Waals surface area contributed by atoms with Crippen molar-refractivity contribution in [2.45, 2.75) is 25.2 Å². The van der Waals surface area contributed by atoms with Gasteiger partial charge in [0.1, 0.15) is 11.6 Å². The molecule has 0 radical (unpaired) electrons. The molecule has 3 nitrogen and oxygen atoms in total. The highest BCUT2D eigenvalue weighted by atomic mass is 19.1. The summed E-state index contributed by atoms with van der Waals surface area (Å²) in [5, 5.41) is 2.88. The predicted molar refractivity (Wildman–Crippen MR) is 82.8 cm³/mol. The molecule has 1 aliphatic rings. The summed E-state index contributed by atoms with van der Waals surface area (Å²) in [5.41, 5.74) is 0.881. The Morgan fingerprint density at radius 3 is 2.78 bits per heavy atom. The van der Waals surface area contributed by atoms with Crippen molar-refractivity contribution in [3.05, 3.63) is 65.5 Å². The predicted octanol–water partition coefficient (Wildman–Crippen LogP) is 3.00.